The highest BCUT2D eigenvalue weighted by Crippen LogP contribution is 2.31. The van der Waals surface area contributed by atoms with Gasteiger partial charge in [0, 0.05) is 32.3 Å². The first-order chi connectivity index (χ1) is 8.95. The minimum absolute atomic E-state index is 0.0108. The van der Waals surface area contributed by atoms with Crippen LogP contribution in [0.3, 0.4) is 0 Å². The van der Waals surface area contributed by atoms with Gasteiger partial charge in [-0.1, -0.05) is 5.16 Å². The standard InChI is InChI=1S/C10H17N5O3S/c1-14-7-9(6-12-14)19(17,18)15(8-2-3-8)5-4-10(11)13-16/h6-8,16H,2-5H2,1H3,(H2,11,13). The molecule has 1 aliphatic rings. The van der Waals surface area contributed by atoms with Gasteiger partial charge in [-0.2, -0.15) is 9.40 Å². The van der Waals surface area contributed by atoms with Crippen LogP contribution in [0.5, 0.6) is 0 Å². The molecule has 0 unspecified atom stereocenters. The number of oxime groups is 1. The molecule has 0 aliphatic heterocycles. The molecule has 1 heterocycles. The summed E-state index contributed by atoms with van der Waals surface area (Å²) < 4.78 is 27.8. The minimum Gasteiger partial charge on any atom is -0.409 e. The molecule has 8 nitrogen and oxygen atoms in total. The van der Waals surface area contributed by atoms with E-state index in [4.69, 9.17) is 10.9 Å². The average Bonchev–Trinajstić information content (AvgIpc) is 3.09. The second-order valence-electron chi connectivity index (χ2n) is 4.54. The van der Waals surface area contributed by atoms with Crippen molar-refractivity contribution < 1.29 is 13.6 Å². The number of rotatable bonds is 6. The fourth-order valence-corrected chi connectivity index (χ4v) is 3.48. The molecule has 1 aromatic rings. The molecule has 0 bridgehead atoms. The van der Waals surface area contributed by atoms with Crippen molar-refractivity contribution in [2.45, 2.75) is 30.2 Å². The van der Waals surface area contributed by atoms with Crippen LogP contribution in [-0.4, -0.2) is 46.1 Å². The van der Waals surface area contributed by atoms with Crippen LogP contribution in [0.1, 0.15) is 19.3 Å². The third-order valence-electron chi connectivity index (χ3n) is 2.96. The topological polar surface area (TPSA) is 114 Å². The first kappa shape index (κ1) is 13.8. The second-order valence-corrected chi connectivity index (χ2v) is 6.43. The van der Waals surface area contributed by atoms with Crippen molar-refractivity contribution in [3.05, 3.63) is 12.4 Å². The Balaban J connectivity index is 2.18. The van der Waals surface area contributed by atoms with E-state index in [0.29, 0.717) is 0 Å². The summed E-state index contributed by atoms with van der Waals surface area (Å²) in [6.45, 7) is 0.206. The molecule has 1 aromatic heterocycles. The maximum atomic E-state index is 12.5. The van der Waals surface area contributed by atoms with Gasteiger partial charge in [0.2, 0.25) is 10.0 Å². The highest BCUT2D eigenvalue weighted by Gasteiger charge is 2.38. The van der Waals surface area contributed by atoms with E-state index >= 15 is 0 Å². The lowest BCUT2D eigenvalue weighted by Gasteiger charge is -2.20. The normalized spacial score (nSPS) is 17.1. The fourth-order valence-electron chi connectivity index (χ4n) is 1.80. The number of nitrogens with zero attached hydrogens (tertiary/aromatic N) is 4. The van der Waals surface area contributed by atoms with Crippen LogP contribution < -0.4 is 5.73 Å². The lowest BCUT2D eigenvalue weighted by Crippen LogP contribution is -2.35. The van der Waals surface area contributed by atoms with Gasteiger partial charge in [-0.25, -0.2) is 8.42 Å². The Labute approximate surface area is 111 Å². The molecule has 0 spiro atoms. The van der Waals surface area contributed by atoms with Crippen LogP contribution in [0.2, 0.25) is 0 Å². The highest BCUT2D eigenvalue weighted by atomic mass is 32.2. The van der Waals surface area contributed by atoms with Crippen molar-refractivity contribution in [3.63, 3.8) is 0 Å². The molecule has 0 atom stereocenters. The monoisotopic (exact) mass is 287 g/mol. The van der Waals surface area contributed by atoms with Gasteiger partial charge >= 0.3 is 0 Å². The molecule has 0 aromatic carbocycles. The zero-order valence-corrected chi connectivity index (χ0v) is 11.4. The third kappa shape index (κ3) is 3.04. The predicted octanol–water partition coefficient (Wildman–Crippen LogP) is -0.290. The van der Waals surface area contributed by atoms with Gasteiger partial charge in [0.05, 0.1) is 6.20 Å². The molecule has 0 amide bonds. The van der Waals surface area contributed by atoms with E-state index in [2.05, 4.69) is 10.3 Å². The molecule has 1 fully saturated rings. The zero-order valence-electron chi connectivity index (χ0n) is 10.6. The van der Waals surface area contributed by atoms with Crippen LogP contribution in [0.4, 0.5) is 0 Å². The number of amidine groups is 1. The Kier molecular flexibility index (Phi) is 3.76. The number of aromatic nitrogens is 2. The van der Waals surface area contributed by atoms with Gasteiger partial charge in [0.15, 0.2) is 0 Å². The molecule has 19 heavy (non-hydrogen) atoms. The van der Waals surface area contributed by atoms with Crippen molar-refractivity contribution in [3.8, 4) is 0 Å². The molecule has 0 radical (unpaired) electrons. The third-order valence-corrected chi connectivity index (χ3v) is 4.86. The first-order valence-electron chi connectivity index (χ1n) is 5.92. The Morgan fingerprint density at radius 3 is 2.84 bits per heavy atom. The van der Waals surface area contributed by atoms with Crippen molar-refractivity contribution in [2.75, 3.05) is 6.54 Å². The number of nitrogens with two attached hydrogens (primary N) is 1. The lowest BCUT2D eigenvalue weighted by molar-refractivity contribution is 0.315. The Morgan fingerprint density at radius 1 is 1.68 bits per heavy atom. The molecule has 2 rings (SSSR count). The Bertz CT molecular complexity index is 576. The summed E-state index contributed by atoms with van der Waals surface area (Å²) in [7, 11) is -1.90. The molecular weight excluding hydrogens is 270 g/mol. The zero-order chi connectivity index (χ0) is 14.0. The van der Waals surface area contributed by atoms with E-state index in [9.17, 15) is 8.42 Å². The lowest BCUT2D eigenvalue weighted by atomic mass is 10.4. The Morgan fingerprint density at radius 2 is 2.37 bits per heavy atom. The molecule has 0 saturated heterocycles. The number of aryl methyl sites for hydroxylation is 1. The van der Waals surface area contributed by atoms with Crippen molar-refractivity contribution in [2.24, 2.45) is 17.9 Å². The van der Waals surface area contributed by atoms with Gasteiger partial charge < -0.3 is 10.9 Å². The molecule has 106 valence electrons. The minimum atomic E-state index is -3.56. The smallest absolute Gasteiger partial charge is 0.246 e. The number of hydrogen-bond donors (Lipinski definition) is 2. The van der Waals surface area contributed by atoms with Gasteiger partial charge in [0.1, 0.15) is 10.7 Å². The van der Waals surface area contributed by atoms with Crippen molar-refractivity contribution in [1.29, 1.82) is 0 Å². The van der Waals surface area contributed by atoms with Crippen molar-refractivity contribution >= 4 is 15.9 Å². The summed E-state index contributed by atoms with van der Waals surface area (Å²) in [5, 5.41) is 15.2. The molecule has 1 saturated carbocycles. The van der Waals surface area contributed by atoms with Crippen LogP contribution in [0, 0.1) is 0 Å². The molecule has 3 N–H and O–H groups in total. The number of hydrogen-bond acceptors (Lipinski definition) is 5. The summed E-state index contributed by atoms with van der Waals surface area (Å²) in [5.41, 5.74) is 5.39. The second kappa shape index (κ2) is 5.17. The molecule has 9 heteroatoms. The number of sulfonamides is 1. The maximum absolute atomic E-state index is 12.5. The summed E-state index contributed by atoms with van der Waals surface area (Å²) in [6, 6.07) is 0.0108. The largest absolute Gasteiger partial charge is 0.409 e. The summed E-state index contributed by atoms with van der Waals surface area (Å²) in [5.74, 6) is 0.0204. The van der Waals surface area contributed by atoms with E-state index in [1.165, 1.54) is 21.4 Å². The van der Waals surface area contributed by atoms with Crippen LogP contribution in [0.25, 0.3) is 0 Å². The van der Waals surface area contributed by atoms with E-state index in [0.717, 1.165) is 12.8 Å². The van der Waals surface area contributed by atoms with Gasteiger partial charge in [-0.05, 0) is 12.8 Å². The average molecular weight is 287 g/mol. The van der Waals surface area contributed by atoms with Gasteiger partial charge in [0.25, 0.3) is 0 Å². The molecular formula is C10H17N5O3S. The van der Waals surface area contributed by atoms with Crippen LogP contribution >= 0.6 is 0 Å². The van der Waals surface area contributed by atoms with E-state index in [1.54, 1.807) is 7.05 Å². The van der Waals surface area contributed by atoms with E-state index < -0.39 is 10.0 Å². The van der Waals surface area contributed by atoms with Gasteiger partial charge in [-0.15, -0.1) is 0 Å². The highest BCUT2D eigenvalue weighted by molar-refractivity contribution is 7.89. The fraction of sp³-hybridized carbons (Fsp3) is 0.600. The van der Waals surface area contributed by atoms with E-state index in [-0.39, 0.29) is 29.7 Å². The SMILES string of the molecule is Cn1cc(S(=O)(=O)N(CCC(N)=NO)C2CC2)cn1. The van der Waals surface area contributed by atoms with E-state index in [1.807, 2.05) is 0 Å². The summed E-state index contributed by atoms with van der Waals surface area (Å²) in [6.07, 6.45) is 4.68. The summed E-state index contributed by atoms with van der Waals surface area (Å²) in [4.78, 5) is 0.168. The quantitative estimate of drug-likeness (QED) is 0.323. The predicted molar refractivity (Wildman–Crippen MR) is 68.1 cm³/mol. The van der Waals surface area contributed by atoms with Crippen molar-refractivity contribution in [1.82, 2.24) is 14.1 Å². The Hall–Kier alpha value is -1.61. The van der Waals surface area contributed by atoms with Crippen LogP contribution in [0.15, 0.2) is 22.4 Å². The maximum Gasteiger partial charge on any atom is 0.246 e. The van der Waals surface area contributed by atoms with Gasteiger partial charge in [-0.3, -0.25) is 4.68 Å². The first-order valence-corrected chi connectivity index (χ1v) is 7.36. The molecule has 1 aliphatic carbocycles. The van der Waals surface area contributed by atoms with Crippen LogP contribution in [-0.2, 0) is 17.1 Å². The summed E-state index contributed by atoms with van der Waals surface area (Å²) >= 11 is 0.